The van der Waals surface area contributed by atoms with Crippen LogP contribution >= 0.6 is 11.6 Å². The van der Waals surface area contributed by atoms with E-state index in [0.717, 1.165) is 18.4 Å². The summed E-state index contributed by atoms with van der Waals surface area (Å²) in [6.45, 7) is 3.65. The molecule has 2 rings (SSSR count). The van der Waals surface area contributed by atoms with E-state index in [0.29, 0.717) is 17.9 Å². The highest BCUT2D eigenvalue weighted by Crippen LogP contribution is 2.34. The summed E-state index contributed by atoms with van der Waals surface area (Å²) in [5.74, 6) is -1.89. The van der Waals surface area contributed by atoms with Crippen molar-refractivity contribution in [3.8, 4) is 0 Å². The van der Waals surface area contributed by atoms with Gasteiger partial charge in [0.2, 0.25) is 5.91 Å². The summed E-state index contributed by atoms with van der Waals surface area (Å²) in [7, 11) is 0. The van der Waals surface area contributed by atoms with Crippen LogP contribution in [0.15, 0.2) is 24.3 Å². The standard InChI is InChI=1S/C17H22ClNO3/c1-11(12-6-5-7-13(18)10-12)15(20)19-17(2)9-4-3-8-14(17)16(21)22/h5-7,10-11,14H,3-4,8-9H2,1-2H3,(H,19,20)(H,21,22). The number of hydrogen-bond acceptors (Lipinski definition) is 2. The lowest BCUT2D eigenvalue weighted by atomic mass is 9.73. The van der Waals surface area contributed by atoms with E-state index >= 15 is 0 Å². The van der Waals surface area contributed by atoms with Gasteiger partial charge in [-0.05, 0) is 44.4 Å². The molecule has 0 bridgehead atoms. The van der Waals surface area contributed by atoms with Crippen LogP contribution < -0.4 is 5.32 Å². The molecule has 0 aliphatic heterocycles. The predicted molar refractivity (Wildman–Crippen MR) is 86.0 cm³/mol. The molecule has 1 aromatic carbocycles. The lowest BCUT2D eigenvalue weighted by Gasteiger charge is -2.40. The summed E-state index contributed by atoms with van der Waals surface area (Å²) in [5, 5.41) is 13.0. The first kappa shape index (κ1) is 16.8. The topological polar surface area (TPSA) is 66.4 Å². The number of benzene rings is 1. The van der Waals surface area contributed by atoms with E-state index in [1.165, 1.54) is 0 Å². The van der Waals surface area contributed by atoms with Gasteiger partial charge in [-0.15, -0.1) is 0 Å². The Kier molecular flexibility index (Phi) is 5.12. The maximum absolute atomic E-state index is 12.5. The highest BCUT2D eigenvalue weighted by atomic mass is 35.5. The molecule has 1 aliphatic rings. The summed E-state index contributed by atoms with van der Waals surface area (Å²) in [6, 6.07) is 7.19. The van der Waals surface area contributed by atoms with Crippen LogP contribution in [0.25, 0.3) is 0 Å². The van der Waals surface area contributed by atoms with Crippen molar-refractivity contribution in [1.29, 1.82) is 0 Å². The average Bonchev–Trinajstić information content (AvgIpc) is 2.46. The van der Waals surface area contributed by atoms with Gasteiger partial charge < -0.3 is 10.4 Å². The smallest absolute Gasteiger partial charge is 0.308 e. The molecule has 0 saturated heterocycles. The largest absolute Gasteiger partial charge is 0.481 e. The normalized spacial score (nSPS) is 26.2. The van der Waals surface area contributed by atoms with Crippen LogP contribution in [-0.4, -0.2) is 22.5 Å². The third-order valence-corrected chi connectivity index (χ3v) is 4.89. The third kappa shape index (κ3) is 3.61. The molecule has 5 heteroatoms. The highest BCUT2D eigenvalue weighted by Gasteiger charge is 2.42. The van der Waals surface area contributed by atoms with Crippen molar-refractivity contribution in [3.05, 3.63) is 34.9 Å². The summed E-state index contributed by atoms with van der Waals surface area (Å²) in [6.07, 6.45) is 3.13. The minimum atomic E-state index is -0.835. The van der Waals surface area contributed by atoms with Gasteiger partial charge in [0.05, 0.1) is 17.4 Å². The first-order chi connectivity index (χ1) is 10.3. The molecule has 0 spiro atoms. The molecule has 22 heavy (non-hydrogen) atoms. The Labute approximate surface area is 135 Å². The molecule has 1 aliphatic carbocycles. The minimum Gasteiger partial charge on any atom is -0.481 e. The Morgan fingerprint density at radius 1 is 1.41 bits per heavy atom. The number of halogens is 1. The summed E-state index contributed by atoms with van der Waals surface area (Å²) >= 11 is 5.97. The number of rotatable bonds is 4. The van der Waals surface area contributed by atoms with Crippen LogP contribution in [0.3, 0.4) is 0 Å². The minimum absolute atomic E-state index is 0.155. The van der Waals surface area contributed by atoms with Crippen LogP contribution in [0.5, 0.6) is 0 Å². The van der Waals surface area contributed by atoms with E-state index in [-0.39, 0.29) is 11.8 Å². The quantitative estimate of drug-likeness (QED) is 0.889. The second-order valence-electron chi connectivity index (χ2n) is 6.32. The summed E-state index contributed by atoms with van der Waals surface area (Å²) in [5.41, 5.74) is 0.143. The Balaban J connectivity index is 2.14. The second kappa shape index (κ2) is 6.69. The van der Waals surface area contributed by atoms with Crippen molar-refractivity contribution in [2.24, 2.45) is 5.92 Å². The molecule has 2 N–H and O–H groups in total. The molecular formula is C17H22ClNO3. The maximum atomic E-state index is 12.5. The summed E-state index contributed by atoms with van der Waals surface area (Å²) < 4.78 is 0. The number of nitrogens with one attached hydrogen (secondary N) is 1. The Hall–Kier alpha value is -1.55. The van der Waals surface area contributed by atoms with Crippen LogP contribution in [-0.2, 0) is 9.59 Å². The van der Waals surface area contributed by atoms with Crippen LogP contribution in [0.4, 0.5) is 0 Å². The van der Waals surface area contributed by atoms with Crippen molar-refractivity contribution in [2.45, 2.75) is 51.0 Å². The molecular weight excluding hydrogens is 302 g/mol. The Morgan fingerprint density at radius 2 is 2.14 bits per heavy atom. The van der Waals surface area contributed by atoms with Gasteiger partial charge in [-0.3, -0.25) is 9.59 Å². The molecule has 1 aromatic rings. The van der Waals surface area contributed by atoms with E-state index in [4.69, 9.17) is 11.6 Å². The zero-order chi connectivity index (χ0) is 16.3. The number of hydrogen-bond donors (Lipinski definition) is 2. The third-order valence-electron chi connectivity index (χ3n) is 4.66. The van der Waals surface area contributed by atoms with E-state index in [1.54, 1.807) is 12.1 Å². The fourth-order valence-electron chi connectivity index (χ4n) is 3.20. The van der Waals surface area contributed by atoms with Crippen molar-refractivity contribution < 1.29 is 14.7 Å². The van der Waals surface area contributed by atoms with E-state index in [1.807, 2.05) is 26.0 Å². The number of aliphatic carboxylic acids is 1. The van der Waals surface area contributed by atoms with Crippen molar-refractivity contribution in [1.82, 2.24) is 5.32 Å². The maximum Gasteiger partial charge on any atom is 0.308 e. The van der Waals surface area contributed by atoms with E-state index in [2.05, 4.69) is 5.32 Å². The van der Waals surface area contributed by atoms with Gasteiger partial charge in [0.1, 0.15) is 0 Å². The highest BCUT2D eigenvalue weighted by molar-refractivity contribution is 6.30. The van der Waals surface area contributed by atoms with Gasteiger partial charge in [0.25, 0.3) is 0 Å². The van der Waals surface area contributed by atoms with Gasteiger partial charge in [-0.2, -0.15) is 0 Å². The monoisotopic (exact) mass is 323 g/mol. The van der Waals surface area contributed by atoms with Crippen LogP contribution in [0, 0.1) is 5.92 Å². The second-order valence-corrected chi connectivity index (χ2v) is 6.76. The molecule has 0 aromatic heterocycles. The van der Waals surface area contributed by atoms with Gasteiger partial charge >= 0.3 is 5.97 Å². The Morgan fingerprint density at radius 3 is 2.77 bits per heavy atom. The lowest BCUT2D eigenvalue weighted by molar-refractivity contribution is -0.146. The van der Waals surface area contributed by atoms with Gasteiger partial charge in [0.15, 0.2) is 0 Å². The zero-order valence-corrected chi connectivity index (χ0v) is 13.7. The van der Waals surface area contributed by atoms with Crippen LogP contribution in [0.1, 0.15) is 51.0 Å². The molecule has 4 nitrogen and oxygen atoms in total. The molecule has 0 radical (unpaired) electrons. The molecule has 1 amide bonds. The van der Waals surface area contributed by atoms with E-state index in [9.17, 15) is 14.7 Å². The fourth-order valence-corrected chi connectivity index (χ4v) is 3.39. The molecule has 3 unspecified atom stereocenters. The van der Waals surface area contributed by atoms with Crippen molar-refractivity contribution >= 4 is 23.5 Å². The molecule has 1 fully saturated rings. The number of carbonyl (C=O) groups excluding carboxylic acids is 1. The predicted octanol–water partition coefficient (Wildman–Crippen LogP) is 3.59. The number of carboxylic acid groups (broad SMARTS) is 1. The van der Waals surface area contributed by atoms with Gasteiger partial charge in [-0.25, -0.2) is 0 Å². The molecule has 120 valence electrons. The molecule has 1 saturated carbocycles. The number of carbonyl (C=O) groups is 2. The average molecular weight is 324 g/mol. The SMILES string of the molecule is CC(C(=O)NC1(C)CCCCC1C(=O)O)c1cccc(Cl)c1. The molecule has 3 atom stereocenters. The van der Waals surface area contributed by atoms with Gasteiger partial charge in [-0.1, -0.05) is 36.6 Å². The Bertz CT molecular complexity index is 575. The van der Waals surface area contributed by atoms with Crippen LogP contribution in [0.2, 0.25) is 5.02 Å². The summed E-state index contributed by atoms with van der Waals surface area (Å²) in [4.78, 5) is 24.0. The zero-order valence-electron chi connectivity index (χ0n) is 12.9. The first-order valence-corrected chi connectivity index (χ1v) is 8.01. The molecule has 0 heterocycles. The number of amides is 1. The lowest BCUT2D eigenvalue weighted by Crippen LogP contribution is -2.56. The number of carboxylic acids is 1. The first-order valence-electron chi connectivity index (χ1n) is 7.64. The fraction of sp³-hybridized carbons (Fsp3) is 0.529. The van der Waals surface area contributed by atoms with Crippen molar-refractivity contribution in [3.63, 3.8) is 0 Å². The van der Waals surface area contributed by atoms with Crippen molar-refractivity contribution in [2.75, 3.05) is 0 Å². The van der Waals surface area contributed by atoms with Gasteiger partial charge in [0, 0.05) is 5.02 Å². The van der Waals surface area contributed by atoms with E-state index < -0.39 is 17.4 Å².